The topological polar surface area (TPSA) is 77.8 Å². The first-order valence-corrected chi connectivity index (χ1v) is 6.15. The van der Waals surface area contributed by atoms with Crippen LogP contribution in [0.2, 0.25) is 0 Å². The third kappa shape index (κ3) is 1.60. The number of nitrogens with zero attached hydrogens (tertiary/aromatic N) is 3. The maximum Gasteiger partial charge on any atom is 0.152 e. The molecular formula is C15H10N4O. The molecule has 2 N–H and O–H groups in total. The molecule has 0 saturated heterocycles. The van der Waals surface area contributed by atoms with Gasteiger partial charge in [-0.1, -0.05) is 6.07 Å². The number of furan rings is 1. The molecule has 0 fully saturated rings. The van der Waals surface area contributed by atoms with Crippen LogP contribution >= 0.6 is 0 Å². The molecule has 0 saturated carbocycles. The summed E-state index contributed by atoms with van der Waals surface area (Å²) in [5.41, 5.74) is 10.3. The van der Waals surface area contributed by atoms with Crippen LogP contribution < -0.4 is 5.73 Å². The minimum Gasteiger partial charge on any atom is -0.463 e. The fourth-order valence-electron chi connectivity index (χ4n) is 2.26. The van der Waals surface area contributed by atoms with E-state index in [1.54, 1.807) is 6.26 Å². The summed E-state index contributed by atoms with van der Waals surface area (Å²) in [7, 11) is 0. The molecule has 0 bridgehead atoms. The zero-order valence-electron chi connectivity index (χ0n) is 10.4. The van der Waals surface area contributed by atoms with Gasteiger partial charge in [0.05, 0.1) is 11.8 Å². The Hall–Kier alpha value is -2.95. The van der Waals surface area contributed by atoms with Gasteiger partial charge in [-0.25, -0.2) is 9.97 Å². The Labute approximate surface area is 114 Å². The van der Waals surface area contributed by atoms with Gasteiger partial charge in [0.2, 0.25) is 0 Å². The van der Waals surface area contributed by atoms with Crippen molar-refractivity contribution in [2.24, 2.45) is 0 Å². The lowest BCUT2D eigenvalue weighted by Gasteiger charge is -2.04. The molecule has 96 valence electrons. The molecule has 5 heteroatoms. The van der Waals surface area contributed by atoms with E-state index in [4.69, 9.17) is 10.2 Å². The Bertz CT molecular complexity index is 929. The summed E-state index contributed by atoms with van der Waals surface area (Å²) >= 11 is 0. The van der Waals surface area contributed by atoms with Crippen molar-refractivity contribution in [2.75, 3.05) is 5.73 Å². The van der Waals surface area contributed by atoms with Gasteiger partial charge >= 0.3 is 0 Å². The molecular weight excluding hydrogens is 252 g/mol. The van der Waals surface area contributed by atoms with Crippen LogP contribution in [0.4, 0.5) is 5.82 Å². The lowest BCUT2D eigenvalue weighted by atomic mass is 10.0. The van der Waals surface area contributed by atoms with E-state index in [9.17, 15) is 0 Å². The largest absolute Gasteiger partial charge is 0.463 e. The second-order valence-corrected chi connectivity index (χ2v) is 4.52. The summed E-state index contributed by atoms with van der Waals surface area (Å²) in [6.45, 7) is 0. The van der Waals surface area contributed by atoms with Gasteiger partial charge in [-0.15, -0.1) is 0 Å². The molecule has 20 heavy (non-hydrogen) atoms. The average Bonchev–Trinajstić information content (AvgIpc) is 2.95. The smallest absolute Gasteiger partial charge is 0.152 e. The van der Waals surface area contributed by atoms with Crippen molar-refractivity contribution in [3.8, 4) is 11.1 Å². The van der Waals surface area contributed by atoms with Crippen LogP contribution in [0.1, 0.15) is 0 Å². The van der Waals surface area contributed by atoms with Crippen LogP contribution in [0.5, 0.6) is 0 Å². The highest BCUT2D eigenvalue weighted by molar-refractivity contribution is 5.92. The Morgan fingerprint density at radius 1 is 0.900 bits per heavy atom. The summed E-state index contributed by atoms with van der Waals surface area (Å²) in [5.74, 6) is 0.476. The highest BCUT2D eigenvalue weighted by Crippen LogP contribution is 2.27. The van der Waals surface area contributed by atoms with E-state index in [0.29, 0.717) is 5.82 Å². The van der Waals surface area contributed by atoms with Crippen molar-refractivity contribution in [1.29, 1.82) is 0 Å². The molecule has 4 aromatic rings. The van der Waals surface area contributed by atoms with Gasteiger partial charge in [-0.3, -0.25) is 4.98 Å². The highest BCUT2D eigenvalue weighted by Gasteiger charge is 2.06. The number of fused-ring (bicyclic) bond motifs is 2. The summed E-state index contributed by atoms with van der Waals surface area (Å²) in [6, 6.07) is 9.68. The predicted octanol–water partition coefficient (Wildman–Crippen LogP) is 3.02. The Balaban J connectivity index is 1.94. The van der Waals surface area contributed by atoms with Gasteiger partial charge in [0, 0.05) is 23.2 Å². The first-order valence-electron chi connectivity index (χ1n) is 6.15. The van der Waals surface area contributed by atoms with Gasteiger partial charge < -0.3 is 10.2 Å². The number of hydrogen-bond donors (Lipinski definition) is 1. The Morgan fingerprint density at radius 2 is 1.85 bits per heavy atom. The molecule has 4 rings (SSSR count). The second kappa shape index (κ2) is 4.03. The molecule has 0 atom stereocenters. The number of hydrogen-bond acceptors (Lipinski definition) is 5. The molecule has 0 amide bonds. The number of aromatic nitrogens is 3. The van der Waals surface area contributed by atoms with Crippen molar-refractivity contribution >= 4 is 27.8 Å². The molecule has 0 spiro atoms. The first-order chi connectivity index (χ1) is 9.81. The molecule has 0 unspecified atom stereocenters. The van der Waals surface area contributed by atoms with Crippen LogP contribution in [0.15, 0.2) is 53.5 Å². The maximum atomic E-state index is 5.89. The predicted molar refractivity (Wildman–Crippen MR) is 77.0 cm³/mol. The van der Waals surface area contributed by atoms with E-state index < -0.39 is 0 Å². The summed E-state index contributed by atoms with van der Waals surface area (Å²) in [6.07, 6.45) is 4.92. The van der Waals surface area contributed by atoms with Crippen LogP contribution in [0.25, 0.3) is 33.1 Å². The number of rotatable bonds is 1. The average molecular weight is 262 g/mol. The number of anilines is 1. The standard InChI is InChI=1S/C15H10N4O/c16-15-11-5-9(1-2-12(11)18-8-19-15)10-6-14-13(17-7-10)3-4-20-14/h1-8H,(H2,16,18,19). The number of nitrogen functional groups attached to an aromatic ring is 1. The third-order valence-corrected chi connectivity index (χ3v) is 3.30. The molecule has 5 nitrogen and oxygen atoms in total. The van der Waals surface area contributed by atoms with Gasteiger partial charge in [-0.05, 0) is 23.8 Å². The highest BCUT2D eigenvalue weighted by atomic mass is 16.3. The molecule has 1 aromatic carbocycles. The van der Waals surface area contributed by atoms with Gasteiger partial charge in [0.15, 0.2) is 5.58 Å². The van der Waals surface area contributed by atoms with Gasteiger partial charge in [-0.2, -0.15) is 0 Å². The van der Waals surface area contributed by atoms with Crippen molar-refractivity contribution in [1.82, 2.24) is 15.0 Å². The zero-order valence-corrected chi connectivity index (χ0v) is 10.4. The zero-order chi connectivity index (χ0) is 13.5. The van der Waals surface area contributed by atoms with Crippen LogP contribution in [-0.2, 0) is 0 Å². The molecule has 3 heterocycles. The second-order valence-electron chi connectivity index (χ2n) is 4.52. The van der Waals surface area contributed by atoms with Crippen molar-refractivity contribution in [3.05, 3.63) is 49.1 Å². The fraction of sp³-hybridized carbons (Fsp3) is 0. The maximum absolute atomic E-state index is 5.89. The van der Waals surface area contributed by atoms with Crippen molar-refractivity contribution < 1.29 is 4.42 Å². The van der Waals surface area contributed by atoms with E-state index in [1.165, 1.54) is 6.33 Å². The quantitative estimate of drug-likeness (QED) is 0.570. The van der Waals surface area contributed by atoms with E-state index in [2.05, 4.69) is 15.0 Å². The third-order valence-electron chi connectivity index (χ3n) is 3.30. The molecule has 0 aliphatic carbocycles. The van der Waals surface area contributed by atoms with Crippen LogP contribution in [0.3, 0.4) is 0 Å². The van der Waals surface area contributed by atoms with E-state index in [1.807, 2.05) is 36.5 Å². The summed E-state index contributed by atoms with van der Waals surface area (Å²) < 4.78 is 5.38. The first kappa shape index (κ1) is 10.9. The molecule has 0 aliphatic rings. The fourth-order valence-corrected chi connectivity index (χ4v) is 2.26. The minimum absolute atomic E-state index is 0.476. The number of nitrogens with two attached hydrogens (primary N) is 1. The lowest BCUT2D eigenvalue weighted by molar-refractivity contribution is 0.615. The van der Waals surface area contributed by atoms with E-state index in [0.717, 1.165) is 33.1 Å². The van der Waals surface area contributed by atoms with Gasteiger partial charge in [0.25, 0.3) is 0 Å². The number of benzene rings is 1. The normalized spacial score (nSPS) is 11.2. The minimum atomic E-state index is 0.476. The lowest BCUT2D eigenvalue weighted by Crippen LogP contribution is -1.93. The van der Waals surface area contributed by atoms with Crippen molar-refractivity contribution in [3.63, 3.8) is 0 Å². The Kier molecular flexibility index (Phi) is 2.20. The number of pyridine rings is 1. The van der Waals surface area contributed by atoms with Crippen LogP contribution in [-0.4, -0.2) is 15.0 Å². The monoisotopic (exact) mass is 262 g/mol. The van der Waals surface area contributed by atoms with Crippen molar-refractivity contribution in [2.45, 2.75) is 0 Å². The SMILES string of the molecule is Nc1ncnc2ccc(-c3cnc4ccoc4c3)cc12. The van der Waals surface area contributed by atoms with Crippen LogP contribution in [0, 0.1) is 0 Å². The van der Waals surface area contributed by atoms with E-state index in [-0.39, 0.29) is 0 Å². The Morgan fingerprint density at radius 3 is 2.80 bits per heavy atom. The molecule has 3 aromatic heterocycles. The molecule has 0 radical (unpaired) electrons. The van der Waals surface area contributed by atoms with Gasteiger partial charge in [0.1, 0.15) is 17.7 Å². The summed E-state index contributed by atoms with van der Waals surface area (Å²) in [5, 5.41) is 0.838. The summed E-state index contributed by atoms with van der Waals surface area (Å²) in [4.78, 5) is 12.6. The van der Waals surface area contributed by atoms with E-state index >= 15 is 0 Å². The molecule has 0 aliphatic heterocycles.